The lowest BCUT2D eigenvalue weighted by Gasteiger charge is -2.11. The number of amides is 2. The molecule has 0 unspecified atom stereocenters. The summed E-state index contributed by atoms with van der Waals surface area (Å²) in [5.74, 6) is -0.245. The van der Waals surface area contributed by atoms with Crippen molar-refractivity contribution in [3.05, 3.63) is 93.2 Å². The smallest absolute Gasteiger partial charge is 0.373 e. The summed E-state index contributed by atoms with van der Waals surface area (Å²) in [4.78, 5) is 38.2. The molecule has 1 saturated heterocycles. The number of imide groups is 1. The van der Waals surface area contributed by atoms with Gasteiger partial charge >= 0.3 is 5.97 Å². The number of methoxy groups -OCH3 is 1. The van der Waals surface area contributed by atoms with Crippen LogP contribution in [-0.4, -0.2) is 29.1 Å². The minimum absolute atomic E-state index is 0.000362. The third kappa shape index (κ3) is 5.13. The van der Waals surface area contributed by atoms with E-state index in [0.29, 0.717) is 22.1 Å². The van der Waals surface area contributed by atoms with Crippen LogP contribution < -0.4 is 4.74 Å². The first-order chi connectivity index (χ1) is 16.0. The first-order valence-electron chi connectivity index (χ1n) is 9.84. The Morgan fingerprint density at radius 1 is 1.09 bits per heavy atom. The quantitative estimate of drug-likeness (QED) is 0.322. The summed E-state index contributed by atoms with van der Waals surface area (Å²) in [5.41, 5.74) is 1.49. The number of carbonyl (C=O) groups excluding carboxylic acids is 3. The number of halogens is 1. The summed E-state index contributed by atoms with van der Waals surface area (Å²) in [7, 11) is 1.24. The van der Waals surface area contributed by atoms with Crippen molar-refractivity contribution in [1.29, 1.82) is 0 Å². The number of carbonyl (C=O) groups is 3. The lowest BCUT2D eigenvalue weighted by Crippen LogP contribution is -2.27. The number of para-hydroxylation sites is 1. The Morgan fingerprint density at radius 3 is 2.64 bits per heavy atom. The van der Waals surface area contributed by atoms with E-state index in [0.717, 1.165) is 22.2 Å². The largest absolute Gasteiger partial charge is 0.488 e. The number of thioether (sulfide) groups is 1. The Kier molecular flexibility index (Phi) is 6.86. The van der Waals surface area contributed by atoms with Crippen molar-refractivity contribution in [3.8, 4) is 5.75 Å². The van der Waals surface area contributed by atoms with E-state index < -0.39 is 17.1 Å². The minimum Gasteiger partial charge on any atom is -0.488 e. The van der Waals surface area contributed by atoms with Gasteiger partial charge in [-0.2, -0.15) is 0 Å². The highest BCUT2D eigenvalue weighted by Crippen LogP contribution is 2.35. The molecule has 0 spiro atoms. The Morgan fingerprint density at radius 2 is 1.85 bits per heavy atom. The van der Waals surface area contributed by atoms with Gasteiger partial charge in [-0.3, -0.25) is 14.5 Å². The van der Waals surface area contributed by atoms with E-state index in [1.807, 2.05) is 30.3 Å². The molecule has 2 amide bonds. The Balaban J connectivity index is 1.50. The normalized spacial score (nSPS) is 14.7. The zero-order valence-corrected chi connectivity index (χ0v) is 19.0. The van der Waals surface area contributed by atoms with Crippen molar-refractivity contribution in [2.75, 3.05) is 7.11 Å². The van der Waals surface area contributed by atoms with Crippen LogP contribution in [0.2, 0.25) is 5.02 Å². The number of hydrogen-bond acceptors (Lipinski definition) is 7. The van der Waals surface area contributed by atoms with Crippen molar-refractivity contribution in [1.82, 2.24) is 4.90 Å². The molecule has 0 aliphatic carbocycles. The second-order valence-corrected chi connectivity index (χ2v) is 8.34. The predicted octanol–water partition coefficient (Wildman–Crippen LogP) is 5.54. The summed E-state index contributed by atoms with van der Waals surface area (Å²) >= 11 is 7.02. The van der Waals surface area contributed by atoms with Crippen molar-refractivity contribution in [2.24, 2.45) is 0 Å². The van der Waals surface area contributed by atoms with Crippen LogP contribution >= 0.6 is 23.4 Å². The molecule has 7 nitrogen and oxygen atoms in total. The second kappa shape index (κ2) is 9.97. The molecule has 0 radical (unpaired) electrons. The molecule has 1 aromatic heterocycles. The van der Waals surface area contributed by atoms with E-state index in [1.54, 1.807) is 24.3 Å². The molecular formula is C24H18ClNO6S. The molecule has 1 aliphatic heterocycles. The average Bonchev–Trinajstić information content (AvgIpc) is 3.39. The monoisotopic (exact) mass is 483 g/mol. The van der Waals surface area contributed by atoms with Crippen LogP contribution in [0.15, 0.2) is 70.0 Å². The molecule has 2 aromatic carbocycles. The third-order valence-electron chi connectivity index (χ3n) is 4.78. The fourth-order valence-corrected chi connectivity index (χ4v) is 4.13. The molecule has 1 aliphatic rings. The minimum atomic E-state index is -0.635. The van der Waals surface area contributed by atoms with E-state index in [1.165, 1.54) is 19.2 Å². The number of ether oxygens (including phenoxy) is 2. The molecule has 33 heavy (non-hydrogen) atoms. The van der Waals surface area contributed by atoms with Crippen LogP contribution in [0.1, 0.15) is 27.4 Å². The van der Waals surface area contributed by atoms with Gasteiger partial charge in [0.2, 0.25) is 5.76 Å². The van der Waals surface area contributed by atoms with E-state index in [2.05, 4.69) is 4.74 Å². The van der Waals surface area contributed by atoms with Gasteiger partial charge in [0, 0.05) is 16.1 Å². The number of nitrogens with zero attached hydrogens (tertiary/aromatic N) is 1. The third-order valence-corrected chi connectivity index (χ3v) is 6.06. The molecule has 3 aromatic rings. The maximum atomic E-state index is 12.9. The first kappa shape index (κ1) is 22.7. The van der Waals surface area contributed by atoms with Crippen LogP contribution in [-0.2, 0) is 22.7 Å². The number of rotatable bonds is 7. The van der Waals surface area contributed by atoms with Gasteiger partial charge in [-0.25, -0.2) is 4.79 Å². The van der Waals surface area contributed by atoms with Crippen LogP contribution in [0.3, 0.4) is 0 Å². The molecule has 0 N–H and O–H groups in total. The summed E-state index contributed by atoms with van der Waals surface area (Å²) in [5, 5.41) is 0.168. The molecule has 2 heterocycles. The zero-order valence-electron chi connectivity index (χ0n) is 17.4. The van der Waals surface area contributed by atoms with Gasteiger partial charge in [0.15, 0.2) is 0 Å². The highest BCUT2D eigenvalue weighted by molar-refractivity contribution is 8.18. The summed E-state index contributed by atoms with van der Waals surface area (Å²) in [6, 6.07) is 17.5. The molecule has 4 rings (SSSR count). The van der Waals surface area contributed by atoms with Crippen molar-refractivity contribution >= 4 is 46.6 Å². The Labute approximate surface area is 198 Å². The number of benzene rings is 2. The van der Waals surface area contributed by atoms with Gasteiger partial charge in [0.05, 0.1) is 18.6 Å². The predicted molar refractivity (Wildman–Crippen MR) is 124 cm³/mol. The van der Waals surface area contributed by atoms with Crippen LogP contribution in [0.4, 0.5) is 4.79 Å². The SMILES string of the molecule is COC(=O)c1ccc(CN2C(=O)SC(=Cc3ccccc3OCc3ccccc3Cl)C2=O)o1. The summed E-state index contributed by atoms with van der Waals surface area (Å²) in [6.07, 6.45) is 1.62. The first-order valence-corrected chi connectivity index (χ1v) is 11.0. The number of furan rings is 1. The Hall–Kier alpha value is -3.49. The van der Waals surface area contributed by atoms with E-state index in [-0.39, 0.29) is 23.8 Å². The molecule has 9 heteroatoms. The number of esters is 1. The van der Waals surface area contributed by atoms with Gasteiger partial charge in [-0.05, 0) is 42.1 Å². The van der Waals surface area contributed by atoms with Crippen molar-refractivity contribution in [2.45, 2.75) is 13.2 Å². The van der Waals surface area contributed by atoms with E-state index in [9.17, 15) is 14.4 Å². The lowest BCUT2D eigenvalue weighted by molar-refractivity contribution is -0.123. The van der Waals surface area contributed by atoms with Crippen LogP contribution in [0.5, 0.6) is 5.75 Å². The molecule has 1 fully saturated rings. The molecule has 168 valence electrons. The summed E-state index contributed by atoms with van der Waals surface area (Å²) in [6.45, 7) is 0.163. The fraction of sp³-hybridized carbons (Fsp3) is 0.125. The van der Waals surface area contributed by atoms with Gasteiger partial charge in [0.1, 0.15) is 18.1 Å². The van der Waals surface area contributed by atoms with Gasteiger partial charge in [0.25, 0.3) is 11.1 Å². The molecular weight excluding hydrogens is 466 g/mol. The van der Waals surface area contributed by atoms with Gasteiger partial charge in [-0.1, -0.05) is 48.0 Å². The maximum absolute atomic E-state index is 12.9. The summed E-state index contributed by atoms with van der Waals surface area (Å²) < 4.78 is 15.9. The molecule has 0 atom stereocenters. The van der Waals surface area contributed by atoms with E-state index >= 15 is 0 Å². The van der Waals surface area contributed by atoms with Gasteiger partial charge < -0.3 is 13.9 Å². The fourth-order valence-electron chi connectivity index (χ4n) is 3.11. The van der Waals surface area contributed by atoms with Crippen LogP contribution in [0.25, 0.3) is 6.08 Å². The van der Waals surface area contributed by atoms with Crippen LogP contribution in [0, 0.1) is 0 Å². The average molecular weight is 484 g/mol. The number of hydrogen-bond donors (Lipinski definition) is 0. The topological polar surface area (TPSA) is 86.0 Å². The van der Waals surface area contributed by atoms with E-state index in [4.69, 9.17) is 20.8 Å². The Bertz CT molecular complexity index is 1250. The van der Waals surface area contributed by atoms with Crippen molar-refractivity contribution in [3.63, 3.8) is 0 Å². The second-order valence-electron chi connectivity index (χ2n) is 6.94. The zero-order chi connectivity index (χ0) is 23.4. The molecule has 0 saturated carbocycles. The van der Waals surface area contributed by atoms with Gasteiger partial charge in [-0.15, -0.1) is 0 Å². The maximum Gasteiger partial charge on any atom is 0.373 e. The highest BCUT2D eigenvalue weighted by atomic mass is 35.5. The molecule has 0 bridgehead atoms. The lowest BCUT2D eigenvalue weighted by atomic mass is 10.1. The standard InChI is InChI=1S/C24H18ClNO6S/c1-30-23(28)20-11-10-17(32-20)13-26-22(27)21(33-24(26)29)12-15-6-3-5-9-19(15)31-14-16-7-2-4-8-18(16)25/h2-12H,13-14H2,1H3. The van der Waals surface area contributed by atoms with Crippen molar-refractivity contribution < 1.29 is 28.3 Å². The highest BCUT2D eigenvalue weighted by Gasteiger charge is 2.36.